The van der Waals surface area contributed by atoms with Crippen molar-refractivity contribution in [3.8, 4) is 5.75 Å². The third-order valence-electron chi connectivity index (χ3n) is 10.4. The summed E-state index contributed by atoms with van der Waals surface area (Å²) in [4.78, 5) is 62.6. The molecule has 2 amide bonds. The fourth-order valence-corrected chi connectivity index (χ4v) is 7.91. The summed E-state index contributed by atoms with van der Waals surface area (Å²) < 4.78 is 25.1. The summed E-state index contributed by atoms with van der Waals surface area (Å²) in [5.41, 5.74) is 1.46. The third-order valence-corrected chi connectivity index (χ3v) is 10.4. The molecule has 5 heterocycles. The molecule has 15 nitrogen and oxygen atoms in total. The lowest BCUT2D eigenvalue weighted by molar-refractivity contribution is -0.136. The monoisotopic (exact) mass is 712 g/mol. The molecule has 4 aliphatic rings. The number of hydrogen-bond acceptors (Lipinski definition) is 10. The first-order chi connectivity index (χ1) is 25.2. The number of pyridine rings is 1. The number of carbonyl (C=O) groups excluding carboxylic acids is 2. The number of aromatic carboxylic acids is 1. The molecule has 2 atom stereocenters. The molecule has 270 valence electrons. The van der Waals surface area contributed by atoms with Gasteiger partial charge in [-0.15, -0.1) is 5.10 Å². The number of benzene rings is 2. The molecule has 0 bridgehead atoms. The van der Waals surface area contributed by atoms with Crippen molar-refractivity contribution in [3.05, 3.63) is 75.6 Å². The van der Waals surface area contributed by atoms with Gasteiger partial charge in [0, 0.05) is 37.4 Å². The van der Waals surface area contributed by atoms with E-state index in [-0.39, 0.29) is 65.4 Å². The number of anilines is 2. The minimum Gasteiger partial charge on any atom is -0.492 e. The van der Waals surface area contributed by atoms with Crippen LogP contribution in [0.5, 0.6) is 5.75 Å². The number of aromatic nitrogens is 4. The summed E-state index contributed by atoms with van der Waals surface area (Å²) in [7, 11) is 1.42. The second-order valence-electron chi connectivity index (χ2n) is 13.6. The van der Waals surface area contributed by atoms with Crippen molar-refractivity contribution in [2.24, 2.45) is 11.1 Å². The summed E-state index contributed by atoms with van der Waals surface area (Å²) >= 11 is 0. The Hall–Kier alpha value is -5.80. The van der Waals surface area contributed by atoms with E-state index in [9.17, 15) is 24.3 Å². The molecule has 3 aliphatic heterocycles. The van der Waals surface area contributed by atoms with Gasteiger partial charge in [-0.2, -0.15) is 0 Å². The average molecular weight is 713 g/mol. The second kappa shape index (κ2) is 13.1. The smallest absolute Gasteiger partial charge is 0.341 e. The van der Waals surface area contributed by atoms with E-state index in [0.29, 0.717) is 48.7 Å². The number of ether oxygens (including phenoxy) is 1. The number of nitrogens with zero attached hydrogens (tertiary/aromatic N) is 8. The molecule has 1 saturated carbocycles. The molecule has 1 aliphatic carbocycles. The van der Waals surface area contributed by atoms with Crippen molar-refractivity contribution in [1.82, 2.24) is 24.5 Å². The molecule has 0 unspecified atom stereocenters. The Balaban J connectivity index is 1.01. The number of methoxy groups -OCH3 is 1. The topological polar surface area (TPSA) is 165 Å². The van der Waals surface area contributed by atoms with E-state index >= 15 is 4.39 Å². The van der Waals surface area contributed by atoms with E-state index < -0.39 is 22.8 Å². The zero-order valence-corrected chi connectivity index (χ0v) is 28.7. The molecular formula is C36H37FN8O7. The van der Waals surface area contributed by atoms with Gasteiger partial charge in [0.25, 0.3) is 5.91 Å². The van der Waals surface area contributed by atoms with Crippen molar-refractivity contribution >= 4 is 45.8 Å². The number of carboxylic acids is 1. The van der Waals surface area contributed by atoms with E-state index in [0.717, 1.165) is 31.7 Å². The third kappa shape index (κ3) is 5.62. The molecule has 2 aromatic carbocycles. The maximum atomic E-state index is 16.1. The van der Waals surface area contributed by atoms with Gasteiger partial charge in [0.05, 0.1) is 42.5 Å². The lowest BCUT2D eigenvalue weighted by Gasteiger charge is -2.36. The molecule has 8 rings (SSSR count). The first kappa shape index (κ1) is 33.3. The Morgan fingerprint density at radius 1 is 1.12 bits per heavy atom. The van der Waals surface area contributed by atoms with Crippen molar-refractivity contribution in [1.29, 1.82) is 0 Å². The van der Waals surface area contributed by atoms with E-state index in [1.165, 1.54) is 18.0 Å². The number of fused-ring (bicyclic) bond motifs is 3. The van der Waals surface area contributed by atoms with Gasteiger partial charge in [-0.3, -0.25) is 14.4 Å². The predicted octanol–water partition coefficient (Wildman–Crippen LogP) is 3.19. The van der Waals surface area contributed by atoms with Crippen LogP contribution in [0.25, 0.3) is 10.9 Å². The molecule has 4 aromatic rings. The molecule has 3 fully saturated rings. The fourth-order valence-electron chi connectivity index (χ4n) is 7.91. The number of rotatable bonds is 10. The highest BCUT2D eigenvalue weighted by Crippen LogP contribution is 2.45. The van der Waals surface area contributed by atoms with Crippen LogP contribution in [0.1, 0.15) is 60.3 Å². The summed E-state index contributed by atoms with van der Waals surface area (Å²) in [5, 5.41) is 22.1. The molecule has 0 spiro atoms. The van der Waals surface area contributed by atoms with Crippen LogP contribution in [-0.4, -0.2) is 92.5 Å². The Bertz CT molecular complexity index is 2210. The summed E-state index contributed by atoms with van der Waals surface area (Å²) in [5.74, 6) is -2.28. The molecule has 2 saturated heterocycles. The van der Waals surface area contributed by atoms with E-state index in [2.05, 4.69) is 15.5 Å². The maximum Gasteiger partial charge on any atom is 0.341 e. The number of halogens is 1. The van der Waals surface area contributed by atoms with Gasteiger partial charge in [0.15, 0.2) is 17.3 Å². The largest absolute Gasteiger partial charge is 0.492 e. The molecule has 1 N–H and O–H groups in total. The Morgan fingerprint density at radius 3 is 2.67 bits per heavy atom. The van der Waals surface area contributed by atoms with Crippen molar-refractivity contribution in [3.63, 3.8) is 0 Å². The summed E-state index contributed by atoms with van der Waals surface area (Å²) in [6.07, 6.45) is 6.23. The van der Waals surface area contributed by atoms with Crippen LogP contribution in [0, 0.1) is 11.7 Å². The summed E-state index contributed by atoms with van der Waals surface area (Å²) in [6.45, 7) is 3.54. The van der Waals surface area contributed by atoms with Gasteiger partial charge in [0.1, 0.15) is 30.1 Å². The Labute approximate surface area is 296 Å². The fraction of sp³-hybridized carbons (Fsp3) is 0.417. The molecule has 52 heavy (non-hydrogen) atoms. The van der Waals surface area contributed by atoms with Crippen LogP contribution in [0.3, 0.4) is 0 Å². The predicted molar refractivity (Wildman–Crippen MR) is 186 cm³/mol. The quantitative estimate of drug-likeness (QED) is 0.242. The number of oxime groups is 1. The highest BCUT2D eigenvalue weighted by atomic mass is 19.1. The second-order valence-corrected chi connectivity index (χ2v) is 13.6. The van der Waals surface area contributed by atoms with Crippen LogP contribution >= 0.6 is 0 Å². The van der Waals surface area contributed by atoms with Crippen LogP contribution < -0.4 is 20.0 Å². The number of amides is 2. The van der Waals surface area contributed by atoms with E-state index in [4.69, 9.17) is 9.57 Å². The van der Waals surface area contributed by atoms with Gasteiger partial charge in [-0.1, -0.05) is 28.6 Å². The number of carbonyl (C=O) groups is 3. The maximum absolute atomic E-state index is 16.1. The van der Waals surface area contributed by atoms with Crippen LogP contribution in [-0.2, 0) is 27.5 Å². The molecule has 2 aromatic heterocycles. The normalized spacial score (nSPS) is 20.5. The van der Waals surface area contributed by atoms with E-state index in [1.54, 1.807) is 22.6 Å². The lowest BCUT2D eigenvalue weighted by atomic mass is 9.92. The highest BCUT2D eigenvalue weighted by Gasteiger charge is 2.43. The van der Waals surface area contributed by atoms with Crippen LogP contribution in [0.2, 0.25) is 0 Å². The SMILES string of the molecule is CCO/N=C1/C(=O)N(Cc2cn(CC(=O)N3CCC[C@@H]4CN(c5c(F)cc6c(=O)c(C(=O)O)cn(C7CC7)c6c5OC)C[C@@H]43)nn2)c2ccccc21. The van der Waals surface area contributed by atoms with Crippen molar-refractivity contribution < 1.29 is 33.5 Å². The Kier molecular flexibility index (Phi) is 8.38. The van der Waals surface area contributed by atoms with E-state index in [1.807, 2.05) is 34.1 Å². The van der Waals surface area contributed by atoms with Gasteiger partial charge >= 0.3 is 5.97 Å². The lowest BCUT2D eigenvalue weighted by Crippen LogP contribution is -2.49. The minimum atomic E-state index is -1.37. The first-order valence-electron chi connectivity index (χ1n) is 17.4. The molecular weight excluding hydrogens is 675 g/mol. The van der Waals surface area contributed by atoms with Gasteiger partial charge in [-0.25, -0.2) is 13.9 Å². The summed E-state index contributed by atoms with van der Waals surface area (Å²) in [6, 6.07) is 8.20. The number of carboxylic acid groups (broad SMARTS) is 1. The number of piperidine rings is 1. The Morgan fingerprint density at radius 2 is 1.92 bits per heavy atom. The number of para-hydroxylation sites is 1. The average Bonchev–Trinajstić information content (AvgIpc) is 3.64. The standard InChI is InChI=1S/C36H37FN8O7/c1-3-52-39-30-23-8-4-5-9-27(23)45(35(30)48)16-21-15-42(40-38-21)19-29(46)43-12-6-7-20-14-41(18-28(20)43)32-26(37)13-24-31(34(32)51-2)44(22-10-11-22)17-25(33(24)47)36(49)50/h4-5,8-9,13,15,17,20,22,28H,3,6-7,10-12,14,16,18-19H2,1-2H3,(H,49,50)/b39-30+/t20-,28+/m1/s1. The molecule has 0 radical (unpaired) electrons. The minimum absolute atomic E-state index is 0.0154. The number of hydrogen-bond donors (Lipinski definition) is 1. The van der Waals surface area contributed by atoms with Crippen molar-refractivity contribution in [2.45, 2.75) is 57.8 Å². The van der Waals surface area contributed by atoms with Gasteiger partial charge in [-0.05, 0) is 50.7 Å². The highest BCUT2D eigenvalue weighted by molar-refractivity contribution is 6.54. The van der Waals surface area contributed by atoms with Crippen LogP contribution in [0.15, 0.2) is 52.7 Å². The number of likely N-dealkylation sites (tertiary alicyclic amines) is 1. The van der Waals surface area contributed by atoms with Crippen LogP contribution in [0.4, 0.5) is 15.8 Å². The van der Waals surface area contributed by atoms with Crippen molar-refractivity contribution in [2.75, 3.05) is 43.2 Å². The zero-order chi connectivity index (χ0) is 36.3. The first-order valence-corrected chi connectivity index (χ1v) is 17.4. The zero-order valence-electron chi connectivity index (χ0n) is 28.7. The van der Waals surface area contributed by atoms with Gasteiger partial charge in [0.2, 0.25) is 11.3 Å². The van der Waals surface area contributed by atoms with Gasteiger partial charge < -0.3 is 33.9 Å². The molecule has 16 heteroatoms.